The lowest BCUT2D eigenvalue weighted by molar-refractivity contribution is -0.137. The van der Waals surface area contributed by atoms with E-state index in [2.05, 4.69) is 6.92 Å². The zero-order valence-electron chi connectivity index (χ0n) is 10.8. The molecule has 0 aromatic heterocycles. The van der Waals surface area contributed by atoms with Crippen molar-refractivity contribution < 1.29 is 9.90 Å². The van der Waals surface area contributed by atoms with E-state index in [9.17, 15) is 4.79 Å². The van der Waals surface area contributed by atoms with E-state index in [1.807, 2.05) is 0 Å². The highest BCUT2D eigenvalue weighted by Crippen LogP contribution is 2.10. The van der Waals surface area contributed by atoms with E-state index in [-0.39, 0.29) is 23.1 Å². The fourth-order valence-corrected chi connectivity index (χ4v) is 1.76. The van der Waals surface area contributed by atoms with Gasteiger partial charge in [0.2, 0.25) is 0 Å². The number of hydrogen-bond acceptors (Lipinski definition) is 1. The van der Waals surface area contributed by atoms with Gasteiger partial charge in [-0.05, 0) is 6.42 Å². The third kappa shape index (κ3) is 16.7. The number of carboxylic acid groups (broad SMARTS) is 1. The Morgan fingerprint density at radius 1 is 0.812 bits per heavy atom. The van der Waals surface area contributed by atoms with E-state index in [4.69, 9.17) is 5.11 Å². The maximum absolute atomic E-state index is 10.2. The van der Waals surface area contributed by atoms with Gasteiger partial charge in [-0.25, -0.2) is 0 Å². The van der Waals surface area contributed by atoms with Gasteiger partial charge in [-0.15, -0.1) is 0 Å². The van der Waals surface area contributed by atoms with Crippen LogP contribution in [0.5, 0.6) is 0 Å². The molecule has 0 heterocycles. The van der Waals surface area contributed by atoms with Crippen molar-refractivity contribution in [3.8, 4) is 0 Å². The first-order valence-corrected chi connectivity index (χ1v) is 6.49. The highest BCUT2D eigenvalue weighted by Gasteiger charge is 1.96. The van der Waals surface area contributed by atoms with Gasteiger partial charge in [0.25, 0.3) is 0 Å². The normalized spacial score (nSPS) is 9.81. The van der Waals surface area contributed by atoms with Crippen molar-refractivity contribution >= 4 is 29.0 Å². The summed E-state index contributed by atoms with van der Waals surface area (Å²) in [6.07, 6.45) is 12.9. The second-order valence-electron chi connectivity index (χ2n) is 4.33. The molecule has 0 fully saturated rings. The minimum absolute atomic E-state index is 0. The number of hydrogen-bond donors (Lipinski definition) is 1. The zero-order valence-corrected chi connectivity index (χ0v) is 12.3. The SMILES string of the molecule is CCCCCCCCCCCCC(=O)O.[Mg]. The predicted octanol–water partition coefficient (Wildman–Crippen LogP) is 4.00. The Morgan fingerprint density at radius 2 is 1.19 bits per heavy atom. The van der Waals surface area contributed by atoms with Gasteiger partial charge in [0.1, 0.15) is 0 Å². The molecular formula is C13H26MgO2. The Labute approximate surface area is 116 Å². The highest BCUT2D eigenvalue weighted by molar-refractivity contribution is 5.75. The highest BCUT2D eigenvalue weighted by atomic mass is 24.3. The van der Waals surface area contributed by atoms with E-state index in [1.165, 1.54) is 51.4 Å². The minimum atomic E-state index is -0.658. The number of aliphatic carboxylic acids is 1. The van der Waals surface area contributed by atoms with Crippen LogP contribution in [0, 0.1) is 0 Å². The van der Waals surface area contributed by atoms with E-state index in [0.717, 1.165) is 12.8 Å². The van der Waals surface area contributed by atoms with Gasteiger partial charge < -0.3 is 5.11 Å². The summed E-state index contributed by atoms with van der Waals surface area (Å²) in [6, 6.07) is 0. The Balaban J connectivity index is 0. The van der Waals surface area contributed by atoms with Gasteiger partial charge in [-0.2, -0.15) is 0 Å². The molecule has 0 spiro atoms. The van der Waals surface area contributed by atoms with Crippen molar-refractivity contribution in [2.24, 2.45) is 0 Å². The molecule has 92 valence electrons. The predicted molar refractivity (Wildman–Crippen MR) is 69.9 cm³/mol. The van der Waals surface area contributed by atoms with Crippen LogP contribution in [-0.4, -0.2) is 34.1 Å². The Morgan fingerprint density at radius 3 is 1.56 bits per heavy atom. The average Bonchev–Trinajstić information content (AvgIpc) is 2.20. The number of carboxylic acids is 1. The fraction of sp³-hybridized carbons (Fsp3) is 0.923. The smallest absolute Gasteiger partial charge is 0.303 e. The van der Waals surface area contributed by atoms with Gasteiger partial charge in [0.15, 0.2) is 0 Å². The van der Waals surface area contributed by atoms with Crippen LogP contribution >= 0.6 is 0 Å². The number of rotatable bonds is 11. The molecule has 1 N–H and O–H groups in total. The molecule has 0 aliphatic carbocycles. The third-order valence-electron chi connectivity index (χ3n) is 2.74. The minimum Gasteiger partial charge on any atom is -0.481 e. The molecule has 16 heavy (non-hydrogen) atoms. The molecule has 2 nitrogen and oxygen atoms in total. The summed E-state index contributed by atoms with van der Waals surface area (Å²) >= 11 is 0. The quantitative estimate of drug-likeness (QED) is 0.436. The maximum atomic E-state index is 10.2. The van der Waals surface area contributed by atoms with E-state index in [0.29, 0.717) is 6.42 Å². The molecule has 0 aromatic rings. The number of unbranched alkanes of at least 4 members (excludes halogenated alkanes) is 9. The second-order valence-corrected chi connectivity index (χ2v) is 4.33. The standard InChI is InChI=1S/C13H26O2.Mg/c1-2-3-4-5-6-7-8-9-10-11-12-13(14)15;/h2-12H2,1H3,(H,14,15);. The first-order chi connectivity index (χ1) is 7.27. The van der Waals surface area contributed by atoms with Gasteiger partial charge in [0, 0.05) is 29.5 Å². The van der Waals surface area contributed by atoms with E-state index in [1.54, 1.807) is 0 Å². The summed E-state index contributed by atoms with van der Waals surface area (Å²) in [5.74, 6) is -0.658. The Kier molecular flexibility index (Phi) is 17.7. The van der Waals surface area contributed by atoms with Crippen molar-refractivity contribution in [1.82, 2.24) is 0 Å². The summed E-state index contributed by atoms with van der Waals surface area (Å²) in [5, 5.41) is 8.44. The van der Waals surface area contributed by atoms with Crippen LogP contribution in [0.25, 0.3) is 0 Å². The number of carbonyl (C=O) groups is 1. The first-order valence-electron chi connectivity index (χ1n) is 6.49. The summed E-state index contributed by atoms with van der Waals surface area (Å²) < 4.78 is 0. The molecule has 3 heteroatoms. The monoisotopic (exact) mass is 238 g/mol. The van der Waals surface area contributed by atoms with Crippen LogP contribution in [-0.2, 0) is 4.79 Å². The summed E-state index contributed by atoms with van der Waals surface area (Å²) in [7, 11) is 0. The van der Waals surface area contributed by atoms with Crippen molar-refractivity contribution in [1.29, 1.82) is 0 Å². The topological polar surface area (TPSA) is 37.3 Å². The van der Waals surface area contributed by atoms with Crippen molar-refractivity contribution in [2.45, 2.75) is 77.6 Å². The molecule has 0 rings (SSSR count). The summed E-state index contributed by atoms with van der Waals surface area (Å²) in [6.45, 7) is 2.24. The lowest BCUT2D eigenvalue weighted by Gasteiger charge is -2.01. The third-order valence-corrected chi connectivity index (χ3v) is 2.74. The van der Waals surface area contributed by atoms with Crippen molar-refractivity contribution in [2.75, 3.05) is 0 Å². The molecule has 0 amide bonds. The van der Waals surface area contributed by atoms with Crippen LogP contribution < -0.4 is 0 Å². The van der Waals surface area contributed by atoms with Crippen LogP contribution in [0.4, 0.5) is 0 Å². The average molecular weight is 239 g/mol. The van der Waals surface area contributed by atoms with E-state index >= 15 is 0 Å². The van der Waals surface area contributed by atoms with Gasteiger partial charge in [-0.1, -0.05) is 64.7 Å². The van der Waals surface area contributed by atoms with Gasteiger partial charge in [-0.3, -0.25) is 4.79 Å². The van der Waals surface area contributed by atoms with Crippen LogP contribution in [0.2, 0.25) is 0 Å². The largest absolute Gasteiger partial charge is 0.481 e. The molecule has 0 aliphatic heterocycles. The molecule has 0 atom stereocenters. The summed E-state index contributed by atoms with van der Waals surface area (Å²) in [5.41, 5.74) is 0. The molecular weight excluding hydrogens is 212 g/mol. The lowest BCUT2D eigenvalue weighted by atomic mass is 10.1. The Hall–Kier alpha value is 0.236. The summed E-state index contributed by atoms with van der Waals surface area (Å²) in [4.78, 5) is 10.2. The van der Waals surface area contributed by atoms with Gasteiger partial charge in [0.05, 0.1) is 0 Å². The molecule has 0 saturated heterocycles. The van der Waals surface area contributed by atoms with Gasteiger partial charge >= 0.3 is 5.97 Å². The second kappa shape index (κ2) is 15.2. The van der Waals surface area contributed by atoms with Crippen LogP contribution in [0.15, 0.2) is 0 Å². The molecule has 0 aliphatic rings. The lowest BCUT2D eigenvalue weighted by Crippen LogP contribution is -1.93. The Bertz CT molecular complexity index is 149. The zero-order chi connectivity index (χ0) is 11.4. The van der Waals surface area contributed by atoms with Crippen LogP contribution in [0.3, 0.4) is 0 Å². The maximum Gasteiger partial charge on any atom is 0.303 e. The molecule has 0 saturated carbocycles. The van der Waals surface area contributed by atoms with Crippen LogP contribution in [0.1, 0.15) is 77.6 Å². The van der Waals surface area contributed by atoms with Crippen molar-refractivity contribution in [3.63, 3.8) is 0 Å². The molecule has 2 radical (unpaired) electrons. The first kappa shape index (κ1) is 18.6. The molecule has 0 aromatic carbocycles. The molecule has 0 unspecified atom stereocenters. The van der Waals surface area contributed by atoms with E-state index < -0.39 is 5.97 Å². The van der Waals surface area contributed by atoms with Crippen molar-refractivity contribution in [3.05, 3.63) is 0 Å². The molecule has 0 bridgehead atoms. The fourth-order valence-electron chi connectivity index (χ4n) is 1.76.